The van der Waals surface area contributed by atoms with Crippen LogP contribution >= 0.6 is 23.1 Å². The minimum atomic E-state index is -0.138. The molecule has 150 valence electrons. The Hall–Kier alpha value is -2.52. The van der Waals surface area contributed by atoms with E-state index in [0.29, 0.717) is 10.3 Å². The summed E-state index contributed by atoms with van der Waals surface area (Å²) in [4.78, 5) is 21.4. The van der Waals surface area contributed by atoms with Crippen LogP contribution in [0.1, 0.15) is 32.0 Å². The molecule has 0 unspecified atom stereocenters. The van der Waals surface area contributed by atoms with Crippen LogP contribution in [0.5, 0.6) is 0 Å². The molecule has 3 heterocycles. The lowest BCUT2D eigenvalue weighted by atomic mass is 9.93. The molecule has 0 aliphatic rings. The second-order valence-corrected chi connectivity index (χ2v) is 9.77. The van der Waals surface area contributed by atoms with Crippen molar-refractivity contribution >= 4 is 56.2 Å². The molecular formula is C20H22N6OS2. The van der Waals surface area contributed by atoms with Crippen LogP contribution in [0.4, 0.5) is 5.13 Å². The van der Waals surface area contributed by atoms with Crippen LogP contribution in [0.2, 0.25) is 0 Å². The fourth-order valence-electron chi connectivity index (χ4n) is 2.98. The van der Waals surface area contributed by atoms with Crippen molar-refractivity contribution < 1.29 is 4.79 Å². The number of carbonyl (C=O) groups is 1. The highest BCUT2D eigenvalue weighted by molar-refractivity contribution is 7.99. The van der Waals surface area contributed by atoms with E-state index in [1.54, 1.807) is 0 Å². The van der Waals surface area contributed by atoms with E-state index in [2.05, 4.69) is 71.4 Å². The second kappa shape index (κ2) is 7.38. The highest BCUT2D eigenvalue weighted by atomic mass is 32.2. The van der Waals surface area contributed by atoms with Crippen LogP contribution in [-0.2, 0) is 17.3 Å². The lowest BCUT2D eigenvalue weighted by Gasteiger charge is -2.14. The molecule has 1 N–H and O–H groups in total. The average Bonchev–Trinajstić information content (AvgIpc) is 3.24. The van der Waals surface area contributed by atoms with Crippen LogP contribution in [0.25, 0.3) is 22.1 Å². The molecule has 0 saturated carbocycles. The smallest absolute Gasteiger partial charge is 0.236 e. The lowest BCUT2D eigenvalue weighted by molar-refractivity contribution is -0.113. The number of hydrogen-bond donors (Lipinski definition) is 1. The van der Waals surface area contributed by atoms with E-state index in [-0.39, 0.29) is 17.1 Å². The first kappa shape index (κ1) is 19.8. The summed E-state index contributed by atoms with van der Waals surface area (Å²) in [5, 5.41) is 15.5. The van der Waals surface area contributed by atoms with Crippen molar-refractivity contribution in [2.24, 2.45) is 7.05 Å². The topological polar surface area (TPSA) is 85.6 Å². The van der Waals surface area contributed by atoms with E-state index in [4.69, 9.17) is 0 Å². The fourth-order valence-corrected chi connectivity index (χ4v) is 4.52. The lowest BCUT2D eigenvalue weighted by Crippen LogP contribution is -2.15. The Morgan fingerprint density at radius 2 is 2.03 bits per heavy atom. The third-order valence-electron chi connectivity index (χ3n) is 4.59. The summed E-state index contributed by atoms with van der Waals surface area (Å²) in [6.07, 6.45) is 0. The van der Waals surface area contributed by atoms with Gasteiger partial charge in [-0.2, -0.15) is 0 Å². The molecule has 9 heteroatoms. The summed E-state index contributed by atoms with van der Waals surface area (Å²) >= 11 is 2.70. The fraction of sp³-hybridized carbons (Fsp3) is 0.350. The summed E-state index contributed by atoms with van der Waals surface area (Å²) in [6, 6.07) is 6.22. The summed E-state index contributed by atoms with van der Waals surface area (Å²) in [5.41, 5.74) is 4.69. The Morgan fingerprint density at radius 1 is 1.24 bits per heavy atom. The summed E-state index contributed by atoms with van der Waals surface area (Å²) < 4.78 is 2.01. The van der Waals surface area contributed by atoms with Gasteiger partial charge in [0, 0.05) is 23.2 Å². The van der Waals surface area contributed by atoms with Crippen molar-refractivity contribution in [2.45, 2.75) is 38.3 Å². The molecule has 1 aromatic carbocycles. The van der Waals surface area contributed by atoms with Gasteiger partial charge in [0.15, 0.2) is 10.8 Å². The number of rotatable bonds is 4. The van der Waals surface area contributed by atoms with E-state index in [1.807, 2.05) is 17.0 Å². The summed E-state index contributed by atoms with van der Waals surface area (Å²) in [5.74, 6) is 0.0573. The number of fused-ring (bicyclic) bond motifs is 3. The molecule has 7 nitrogen and oxygen atoms in total. The van der Waals surface area contributed by atoms with E-state index in [9.17, 15) is 4.79 Å². The van der Waals surface area contributed by atoms with Crippen molar-refractivity contribution in [1.29, 1.82) is 0 Å². The molecule has 4 rings (SSSR count). The van der Waals surface area contributed by atoms with Gasteiger partial charge in [-0.3, -0.25) is 4.79 Å². The largest absolute Gasteiger partial charge is 0.327 e. The van der Waals surface area contributed by atoms with Crippen molar-refractivity contribution in [3.8, 4) is 0 Å². The van der Waals surface area contributed by atoms with Gasteiger partial charge in [-0.05, 0) is 19.1 Å². The number of nitrogens with one attached hydrogen (secondary N) is 1. The van der Waals surface area contributed by atoms with Crippen molar-refractivity contribution in [3.63, 3.8) is 0 Å². The van der Waals surface area contributed by atoms with Gasteiger partial charge in [0.2, 0.25) is 11.1 Å². The highest BCUT2D eigenvalue weighted by Crippen LogP contribution is 2.28. The molecule has 0 aliphatic carbocycles. The maximum absolute atomic E-state index is 12.3. The number of aryl methyl sites for hydroxylation is 2. The average molecular weight is 427 g/mol. The zero-order chi connectivity index (χ0) is 20.8. The minimum Gasteiger partial charge on any atom is -0.327 e. The maximum atomic E-state index is 12.3. The van der Waals surface area contributed by atoms with Gasteiger partial charge in [-0.1, -0.05) is 44.2 Å². The van der Waals surface area contributed by atoms with E-state index in [1.165, 1.54) is 28.7 Å². The van der Waals surface area contributed by atoms with E-state index in [0.717, 1.165) is 27.8 Å². The van der Waals surface area contributed by atoms with Gasteiger partial charge in [0.1, 0.15) is 5.52 Å². The highest BCUT2D eigenvalue weighted by Gasteiger charge is 2.18. The standard InChI is InChI=1S/C20H22N6OS2/c1-11-6-7-13-12(8-11)16-17(26(13)5)23-19(25-24-16)29-10-15(27)22-18-21-14(9-28-18)20(2,3)4/h6-9H,10H2,1-5H3,(H,21,22,27). The Bertz CT molecular complexity index is 1220. The number of anilines is 1. The number of thiazole rings is 1. The molecular weight excluding hydrogens is 404 g/mol. The number of benzene rings is 1. The van der Waals surface area contributed by atoms with Crippen LogP contribution < -0.4 is 5.32 Å². The van der Waals surface area contributed by atoms with Gasteiger partial charge in [-0.25, -0.2) is 9.97 Å². The quantitative estimate of drug-likeness (QED) is 0.490. The van der Waals surface area contributed by atoms with Gasteiger partial charge >= 0.3 is 0 Å². The molecule has 29 heavy (non-hydrogen) atoms. The monoisotopic (exact) mass is 426 g/mol. The first-order valence-electron chi connectivity index (χ1n) is 9.20. The number of amides is 1. The van der Waals surface area contributed by atoms with Crippen molar-refractivity contribution in [2.75, 3.05) is 11.1 Å². The van der Waals surface area contributed by atoms with Crippen LogP contribution in [-0.4, -0.2) is 36.4 Å². The van der Waals surface area contributed by atoms with Gasteiger partial charge in [0.25, 0.3) is 0 Å². The zero-order valence-electron chi connectivity index (χ0n) is 17.0. The predicted octanol–water partition coefficient (Wildman–Crippen LogP) is 4.31. The molecule has 3 aromatic heterocycles. The molecule has 0 fully saturated rings. The molecule has 0 spiro atoms. The van der Waals surface area contributed by atoms with E-state index >= 15 is 0 Å². The Morgan fingerprint density at radius 3 is 2.76 bits per heavy atom. The Balaban J connectivity index is 1.48. The molecule has 0 aliphatic heterocycles. The molecule has 0 atom stereocenters. The van der Waals surface area contributed by atoms with Gasteiger partial charge in [0.05, 0.1) is 17.0 Å². The number of aromatic nitrogens is 5. The van der Waals surface area contributed by atoms with E-state index < -0.39 is 0 Å². The molecule has 0 saturated heterocycles. The summed E-state index contributed by atoms with van der Waals surface area (Å²) in [6.45, 7) is 8.34. The normalized spacial score (nSPS) is 12.0. The Labute approximate surface area is 177 Å². The number of thioether (sulfide) groups is 1. The molecule has 0 bridgehead atoms. The zero-order valence-corrected chi connectivity index (χ0v) is 18.6. The first-order chi connectivity index (χ1) is 13.7. The van der Waals surface area contributed by atoms with Crippen LogP contribution in [0.15, 0.2) is 28.7 Å². The van der Waals surface area contributed by atoms with Gasteiger partial charge in [-0.15, -0.1) is 21.5 Å². The predicted molar refractivity (Wildman–Crippen MR) is 119 cm³/mol. The van der Waals surface area contributed by atoms with Crippen molar-refractivity contribution in [3.05, 3.63) is 34.8 Å². The maximum Gasteiger partial charge on any atom is 0.236 e. The molecule has 1 amide bonds. The number of nitrogens with zero attached hydrogens (tertiary/aromatic N) is 5. The van der Waals surface area contributed by atoms with Crippen LogP contribution in [0, 0.1) is 6.92 Å². The SMILES string of the molecule is Cc1ccc2c(c1)c1nnc(SCC(=O)Nc3nc(C(C)(C)C)cs3)nc1n2C. The second-order valence-electron chi connectivity index (χ2n) is 7.97. The third kappa shape index (κ3) is 3.97. The minimum absolute atomic E-state index is 0.0414. The third-order valence-corrected chi connectivity index (χ3v) is 6.18. The summed E-state index contributed by atoms with van der Waals surface area (Å²) in [7, 11) is 1.96. The first-order valence-corrected chi connectivity index (χ1v) is 11.1. The Kier molecular flexibility index (Phi) is 5.04. The number of carbonyl (C=O) groups excluding carboxylic acids is 1. The number of hydrogen-bond acceptors (Lipinski definition) is 7. The van der Waals surface area contributed by atoms with Gasteiger partial charge < -0.3 is 9.88 Å². The molecule has 4 aromatic rings. The van der Waals surface area contributed by atoms with Crippen molar-refractivity contribution in [1.82, 2.24) is 24.7 Å². The van der Waals surface area contributed by atoms with Crippen LogP contribution in [0.3, 0.4) is 0 Å². The molecule has 0 radical (unpaired) electrons.